The maximum atomic E-state index is 6.55. The van der Waals surface area contributed by atoms with E-state index in [0.717, 1.165) is 61.4 Å². The molecule has 0 N–H and O–H groups in total. The van der Waals surface area contributed by atoms with Gasteiger partial charge in [0.2, 0.25) is 0 Å². The molecule has 0 fully saturated rings. The first kappa shape index (κ1) is 37.0. The molecule has 0 saturated carbocycles. The van der Waals surface area contributed by atoms with Crippen LogP contribution in [0.5, 0.6) is 0 Å². The fraction of sp³-hybridized carbons (Fsp3) is 0. The van der Waals surface area contributed by atoms with Crippen LogP contribution in [0.2, 0.25) is 0 Å². The van der Waals surface area contributed by atoms with Crippen LogP contribution >= 0.6 is 11.3 Å². The third-order valence-corrected chi connectivity index (χ3v) is 14.8. The standard InChI is InChI=1S/C62H38N2OS/c1-2-18-44-40(15-1)38-57(47-20-4-3-19-46(44)47)63(42-33-31-39(32-34-42)45-25-14-26-52-50-23-7-11-29-58(50)65-61(45)52)56-36-35-53-51-24-8-12-30-59(51)66-62(53)60(56)41-16-13-17-43(37-41)64-54-27-9-5-21-48(54)49-22-6-10-28-55(49)64/h1-38H. The third kappa shape index (κ3) is 5.55. The summed E-state index contributed by atoms with van der Waals surface area (Å²) in [5, 5.41) is 12.1. The highest BCUT2D eigenvalue weighted by Gasteiger charge is 2.25. The molecule has 66 heavy (non-hydrogen) atoms. The van der Waals surface area contributed by atoms with E-state index >= 15 is 0 Å². The monoisotopic (exact) mass is 858 g/mol. The maximum absolute atomic E-state index is 6.55. The second-order valence-electron chi connectivity index (χ2n) is 17.2. The second-order valence-corrected chi connectivity index (χ2v) is 18.2. The largest absolute Gasteiger partial charge is 0.455 e. The average molecular weight is 859 g/mol. The van der Waals surface area contributed by atoms with E-state index in [9.17, 15) is 0 Å². The Labute approximate surface area is 384 Å². The lowest BCUT2D eigenvalue weighted by atomic mass is 9.95. The van der Waals surface area contributed by atoms with Crippen LogP contribution in [-0.4, -0.2) is 4.57 Å². The van der Waals surface area contributed by atoms with Gasteiger partial charge in [0.15, 0.2) is 0 Å². The number of para-hydroxylation sites is 4. The minimum atomic E-state index is 0.900. The van der Waals surface area contributed by atoms with Crippen molar-refractivity contribution in [1.82, 2.24) is 4.57 Å². The zero-order valence-corrected chi connectivity index (χ0v) is 36.5. The van der Waals surface area contributed by atoms with E-state index in [0.29, 0.717) is 0 Å². The van der Waals surface area contributed by atoms with Gasteiger partial charge in [-0.15, -0.1) is 11.3 Å². The Hall–Kier alpha value is -8.44. The van der Waals surface area contributed by atoms with Crippen LogP contribution in [0.3, 0.4) is 0 Å². The van der Waals surface area contributed by atoms with E-state index in [1.807, 2.05) is 17.4 Å². The predicted molar refractivity (Wildman–Crippen MR) is 282 cm³/mol. The molecule has 308 valence electrons. The lowest BCUT2D eigenvalue weighted by molar-refractivity contribution is 0.670. The fourth-order valence-electron chi connectivity index (χ4n) is 10.6. The molecule has 0 atom stereocenters. The Morgan fingerprint density at radius 2 is 1.03 bits per heavy atom. The number of hydrogen-bond donors (Lipinski definition) is 0. The molecular weight excluding hydrogens is 821 g/mol. The summed E-state index contributed by atoms with van der Waals surface area (Å²) < 4.78 is 11.5. The van der Waals surface area contributed by atoms with Gasteiger partial charge in [-0.2, -0.15) is 0 Å². The molecule has 3 heterocycles. The first-order valence-electron chi connectivity index (χ1n) is 22.5. The van der Waals surface area contributed by atoms with E-state index in [2.05, 4.69) is 234 Å². The van der Waals surface area contributed by atoms with E-state index in [-0.39, 0.29) is 0 Å². The minimum absolute atomic E-state index is 0.900. The van der Waals surface area contributed by atoms with Gasteiger partial charge >= 0.3 is 0 Å². The SMILES string of the molecule is c1cc(-c2c(N(c3ccc(-c4cccc5c4oc4ccccc45)cc3)c3cc4ccccc4c4ccccc34)ccc3c2sc2ccccc23)cc(-n2c3ccccc3c3ccccc32)c1. The second kappa shape index (κ2) is 14.5. The molecular formula is C62H38N2OS. The van der Waals surface area contributed by atoms with E-state index in [1.165, 1.54) is 69.1 Å². The van der Waals surface area contributed by atoms with Crippen LogP contribution in [-0.2, 0) is 0 Å². The molecule has 0 aliphatic carbocycles. The summed E-state index contributed by atoms with van der Waals surface area (Å²) >= 11 is 1.88. The van der Waals surface area contributed by atoms with Crippen molar-refractivity contribution in [2.24, 2.45) is 0 Å². The van der Waals surface area contributed by atoms with E-state index < -0.39 is 0 Å². The van der Waals surface area contributed by atoms with Gasteiger partial charge in [0, 0.05) is 69.6 Å². The van der Waals surface area contributed by atoms with Crippen molar-refractivity contribution < 1.29 is 4.42 Å². The van der Waals surface area contributed by atoms with Gasteiger partial charge in [0.25, 0.3) is 0 Å². The number of nitrogens with zero attached hydrogens (tertiary/aromatic N) is 2. The van der Waals surface area contributed by atoms with Crippen molar-refractivity contribution in [1.29, 1.82) is 0 Å². The summed E-state index contributed by atoms with van der Waals surface area (Å²) in [6.07, 6.45) is 0. The molecule has 0 radical (unpaired) electrons. The molecule has 0 spiro atoms. The van der Waals surface area contributed by atoms with Crippen molar-refractivity contribution in [3.8, 4) is 27.9 Å². The Bertz CT molecular complexity index is 4190. The van der Waals surface area contributed by atoms with E-state index in [4.69, 9.17) is 4.42 Å². The summed E-state index contributed by atoms with van der Waals surface area (Å²) in [7, 11) is 0. The first-order chi connectivity index (χ1) is 32.7. The first-order valence-corrected chi connectivity index (χ1v) is 23.3. The van der Waals surface area contributed by atoms with Gasteiger partial charge in [-0.3, -0.25) is 0 Å². The summed E-state index contributed by atoms with van der Waals surface area (Å²) in [5.74, 6) is 0. The Balaban J connectivity index is 1.05. The Morgan fingerprint density at radius 1 is 0.394 bits per heavy atom. The molecule has 0 unspecified atom stereocenters. The van der Waals surface area contributed by atoms with Crippen molar-refractivity contribution in [2.45, 2.75) is 0 Å². The van der Waals surface area contributed by atoms with Crippen LogP contribution in [0.1, 0.15) is 0 Å². The van der Waals surface area contributed by atoms with Gasteiger partial charge in [-0.1, -0.05) is 170 Å². The van der Waals surface area contributed by atoms with Crippen molar-refractivity contribution in [3.63, 3.8) is 0 Å². The zero-order valence-electron chi connectivity index (χ0n) is 35.7. The normalized spacial score (nSPS) is 11.9. The molecule has 11 aromatic carbocycles. The predicted octanol–water partition coefficient (Wildman–Crippen LogP) is 18.2. The number of hydrogen-bond acceptors (Lipinski definition) is 3. The molecule has 3 aromatic heterocycles. The molecule has 0 saturated heterocycles. The smallest absolute Gasteiger partial charge is 0.143 e. The molecule has 0 aliphatic heterocycles. The highest BCUT2D eigenvalue weighted by Crippen LogP contribution is 2.51. The van der Waals surface area contributed by atoms with Crippen LogP contribution in [0, 0.1) is 0 Å². The minimum Gasteiger partial charge on any atom is -0.455 e. The number of anilines is 3. The number of benzene rings is 11. The molecule has 3 nitrogen and oxygen atoms in total. The quantitative estimate of drug-likeness (QED) is 0.155. The number of fused-ring (bicyclic) bond motifs is 12. The summed E-state index contributed by atoms with van der Waals surface area (Å²) in [6, 6.07) is 84.1. The number of thiophene rings is 1. The van der Waals surface area contributed by atoms with Crippen molar-refractivity contribution in [3.05, 3.63) is 231 Å². The van der Waals surface area contributed by atoms with Crippen molar-refractivity contribution in [2.75, 3.05) is 4.90 Å². The fourth-order valence-corrected chi connectivity index (χ4v) is 11.9. The van der Waals surface area contributed by atoms with Crippen LogP contribution in [0.4, 0.5) is 17.1 Å². The topological polar surface area (TPSA) is 21.3 Å². The summed E-state index contributed by atoms with van der Waals surface area (Å²) in [6.45, 7) is 0. The lowest BCUT2D eigenvalue weighted by Gasteiger charge is -2.30. The van der Waals surface area contributed by atoms with Crippen LogP contribution < -0.4 is 4.90 Å². The van der Waals surface area contributed by atoms with Crippen LogP contribution in [0.25, 0.3) is 113 Å². The number of furan rings is 1. The van der Waals surface area contributed by atoms with Gasteiger partial charge in [0.05, 0.1) is 22.4 Å². The molecule has 0 bridgehead atoms. The van der Waals surface area contributed by atoms with E-state index in [1.54, 1.807) is 0 Å². The molecule has 14 aromatic rings. The zero-order chi connectivity index (χ0) is 43.3. The summed E-state index contributed by atoms with van der Waals surface area (Å²) in [5.41, 5.74) is 13.2. The number of rotatable bonds is 6. The highest BCUT2D eigenvalue weighted by atomic mass is 32.1. The third-order valence-electron chi connectivity index (χ3n) is 13.6. The number of aromatic nitrogens is 1. The molecule has 0 amide bonds. The van der Waals surface area contributed by atoms with Gasteiger partial charge in [-0.05, 0) is 87.9 Å². The van der Waals surface area contributed by atoms with Gasteiger partial charge in [-0.25, -0.2) is 0 Å². The van der Waals surface area contributed by atoms with Crippen LogP contribution in [0.15, 0.2) is 235 Å². The molecule has 0 aliphatic rings. The van der Waals surface area contributed by atoms with Gasteiger partial charge < -0.3 is 13.9 Å². The lowest BCUT2D eigenvalue weighted by Crippen LogP contribution is -2.12. The Morgan fingerprint density at radius 3 is 1.83 bits per heavy atom. The molecule has 4 heteroatoms. The summed E-state index contributed by atoms with van der Waals surface area (Å²) in [4.78, 5) is 2.51. The van der Waals surface area contributed by atoms with Crippen molar-refractivity contribution >= 4 is 114 Å². The average Bonchev–Trinajstić information content (AvgIpc) is 4.07. The molecule has 14 rings (SSSR count). The highest BCUT2D eigenvalue weighted by molar-refractivity contribution is 7.26. The van der Waals surface area contributed by atoms with Gasteiger partial charge in [0.1, 0.15) is 11.2 Å². The Kier molecular flexibility index (Phi) is 8.15. The maximum Gasteiger partial charge on any atom is 0.143 e.